The Balaban J connectivity index is 2.39. The summed E-state index contributed by atoms with van der Waals surface area (Å²) in [7, 11) is -2.29. The number of hydrogen-bond acceptors (Lipinski definition) is 5. The second-order valence-corrected chi connectivity index (χ2v) is 6.83. The number of carbonyl (C=O) groups is 1. The van der Waals surface area contributed by atoms with Crippen molar-refractivity contribution in [3.63, 3.8) is 0 Å². The molecule has 9 heteroatoms. The van der Waals surface area contributed by atoms with Crippen molar-refractivity contribution in [3.8, 4) is 0 Å². The van der Waals surface area contributed by atoms with Crippen molar-refractivity contribution in [2.75, 3.05) is 18.1 Å². The Bertz CT molecular complexity index is 554. The van der Waals surface area contributed by atoms with E-state index in [2.05, 4.69) is 5.10 Å². The van der Waals surface area contributed by atoms with Gasteiger partial charge in [0.2, 0.25) is 0 Å². The summed E-state index contributed by atoms with van der Waals surface area (Å²) in [6.07, 6.45) is 1.38. The van der Waals surface area contributed by atoms with E-state index in [-0.39, 0.29) is 17.3 Å². The van der Waals surface area contributed by atoms with Gasteiger partial charge in [0.1, 0.15) is 6.04 Å². The van der Waals surface area contributed by atoms with Crippen LogP contribution in [0.2, 0.25) is 0 Å². The highest BCUT2D eigenvalue weighted by molar-refractivity contribution is 7.99. The fourth-order valence-electron chi connectivity index (χ4n) is 1.81. The maximum Gasteiger partial charge on any atom is 0.322 e. The molecule has 1 aliphatic rings. The first kappa shape index (κ1) is 13.4. The molecule has 18 heavy (non-hydrogen) atoms. The third-order valence-electron chi connectivity index (χ3n) is 2.71. The van der Waals surface area contributed by atoms with Crippen LogP contribution in [0.25, 0.3) is 0 Å². The Hall–Kier alpha value is -1.06. The average Bonchev–Trinajstić information content (AvgIpc) is 2.76. The second-order valence-electron chi connectivity index (χ2n) is 3.84. The highest BCUT2D eigenvalue weighted by atomic mass is 32.2. The Morgan fingerprint density at radius 1 is 1.61 bits per heavy atom. The summed E-state index contributed by atoms with van der Waals surface area (Å²) < 4.78 is 27.0. The van der Waals surface area contributed by atoms with Crippen molar-refractivity contribution < 1.29 is 18.3 Å². The van der Waals surface area contributed by atoms with Crippen molar-refractivity contribution in [1.82, 2.24) is 14.1 Å². The van der Waals surface area contributed by atoms with Crippen molar-refractivity contribution >= 4 is 27.8 Å². The van der Waals surface area contributed by atoms with Crippen LogP contribution in [0.3, 0.4) is 0 Å². The van der Waals surface area contributed by atoms with Gasteiger partial charge in [0, 0.05) is 25.1 Å². The minimum atomic E-state index is -3.80. The van der Waals surface area contributed by atoms with Crippen molar-refractivity contribution in [2.45, 2.75) is 11.1 Å². The van der Waals surface area contributed by atoms with E-state index < -0.39 is 22.0 Å². The van der Waals surface area contributed by atoms with Gasteiger partial charge in [-0.15, -0.1) is 0 Å². The topological polar surface area (TPSA) is 92.5 Å². The molecular weight excluding hydrogens is 278 g/mol. The number of carboxylic acid groups (broad SMARTS) is 1. The quantitative estimate of drug-likeness (QED) is 0.815. The molecule has 0 radical (unpaired) electrons. The van der Waals surface area contributed by atoms with Crippen LogP contribution in [-0.2, 0) is 21.9 Å². The SMILES string of the molecule is Cn1nccc1S(=O)(=O)N1CCSCC1C(=O)O. The van der Waals surface area contributed by atoms with Crippen LogP contribution >= 0.6 is 11.8 Å². The number of aromatic nitrogens is 2. The molecule has 1 aromatic heterocycles. The zero-order chi connectivity index (χ0) is 13.3. The minimum Gasteiger partial charge on any atom is -0.480 e. The molecule has 7 nitrogen and oxygen atoms in total. The number of aliphatic carboxylic acids is 1. The van der Waals surface area contributed by atoms with Crippen molar-refractivity contribution in [2.24, 2.45) is 7.05 Å². The normalized spacial score (nSPS) is 21.9. The van der Waals surface area contributed by atoms with Crippen LogP contribution in [0.4, 0.5) is 0 Å². The molecule has 0 aromatic carbocycles. The molecule has 0 aliphatic carbocycles. The van der Waals surface area contributed by atoms with Gasteiger partial charge in [-0.2, -0.15) is 21.2 Å². The lowest BCUT2D eigenvalue weighted by Gasteiger charge is -2.31. The first-order valence-corrected chi connectivity index (χ1v) is 7.84. The van der Waals surface area contributed by atoms with Gasteiger partial charge in [-0.1, -0.05) is 0 Å². The number of hydrogen-bond donors (Lipinski definition) is 1. The van der Waals surface area contributed by atoms with Gasteiger partial charge in [-0.05, 0) is 6.07 Å². The van der Waals surface area contributed by atoms with E-state index in [4.69, 9.17) is 5.11 Å². The predicted molar refractivity (Wildman–Crippen MR) is 65.8 cm³/mol. The van der Waals surface area contributed by atoms with Gasteiger partial charge in [-0.25, -0.2) is 8.42 Å². The lowest BCUT2D eigenvalue weighted by Crippen LogP contribution is -2.50. The minimum absolute atomic E-state index is 0.0145. The van der Waals surface area contributed by atoms with E-state index in [1.54, 1.807) is 0 Å². The number of sulfonamides is 1. The maximum absolute atomic E-state index is 12.4. The van der Waals surface area contributed by atoms with Crippen LogP contribution in [0, 0.1) is 0 Å². The molecule has 1 aromatic rings. The van der Waals surface area contributed by atoms with E-state index in [0.717, 1.165) is 4.31 Å². The summed E-state index contributed by atoms with van der Waals surface area (Å²) >= 11 is 1.44. The summed E-state index contributed by atoms with van der Waals surface area (Å²) in [6.45, 7) is 0.204. The van der Waals surface area contributed by atoms with Gasteiger partial charge >= 0.3 is 5.97 Å². The molecule has 0 saturated carbocycles. The van der Waals surface area contributed by atoms with E-state index in [1.165, 1.54) is 35.8 Å². The number of aryl methyl sites for hydroxylation is 1. The number of carboxylic acids is 1. The molecule has 1 N–H and O–H groups in total. The Kier molecular flexibility index (Phi) is 3.64. The Morgan fingerprint density at radius 3 is 2.89 bits per heavy atom. The largest absolute Gasteiger partial charge is 0.480 e. The summed E-state index contributed by atoms with van der Waals surface area (Å²) in [5.74, 6) is -0.249. The van der Waals surface area contributed by atoms with Crippen molar-refractivity contribution in [1.29, 1.82) is 0 Å². The van der Waals surface area contributed by atoms with Gasteiger partial charge in [0.15, 0.2) is 5.03 Å². The molecule has 0 spiro atoms. The zero-order valence-corrected chi connectivity index (χ0v) is 11.3. The molecule has 2 heterocycles. The molecule has 1 atom stereocenters. The molecule has 1 aliphatic heterocycles. The summed E-state index contributed by atoms with van der Waals surface area (Å²) in [6, 6.07) is 0.361. The molecule has 0 bridgehead atoms. The predicted octanol–water partition coefficient (Wildman–Crippen LogP) is -0.389. The monoisotopic (exact) mass is 291 g/mol. The summed E-state index contributed by atoms with van der Waals surface area (Å²) in [4.78, 5) is 11.1. The third-order valence-corrected chi connectivity index (χ3v) is 5.72. The number of nitrogens with zero attached hydrogens (tertiary/aromatic N) is 3. The molecular formula is C9H13N3O4S2. The third kappa shape index (κ3) is 2.25. The fraction of sp³-hybridized carbons (Fsp3) is 0.556. The number of rotatable bonds is 3. The average molecular weight is 291 g/mol. The van der Waals surface area contributed by atoms with Crippen LogP contribution in [-0.4, -0.2) is 57.7 Å². The van der Waals surface area contributed by atoms with E-state index in [1.807, 2.05) is 0 Å². The van der Waals surface area contributed by atoms with Gasteiger partial charge in [-0.3, -0.25) is 9.48 Å². The molecule has 1 saturated heterocycles. The van der Waals surface area contributed by atoms with Crippen molar-refractivity contribution in [3.05, 3.63) is 12.3 Å². The van der Waals surface area contributed by atoms with E-state index in [0.29, 0.717) is 5.75 Å². The summed E-state index contributed by atoms with van der Waals surface area (Å²) in [5.41, 5.74) is 0. The van der Waals surface area contributed by atoms with Gasteiger partial charge in [0.25, 0.3) is 10.0 Å². The summed E-state index contributed by atoms with van der Waals surface area (Å²) in [5, 5.41) is 12.9. The van der Waals surface area contributed by atoms with Gasteiger partial charge < -0.3 is 5.11 Å². The van der Waals surface area contributed by atoms with Gasteiger partial charge in [0.05, 0.1) is 6.20 Å². The van der Waals surface area contributed by atoms with Crippen LogP contribution in [0.5, 0.6) is 0 Å². The molecule has 2 rings (SSSR count). The first-order valence-electron chi connectivity index (χ1n) is 5.25. The molecule has 1 unspecified atom stereocenters. The highest BCUT2D eigenvalue weighted by Gasteiger charge is 2.39. The lowest BCUT2D eigenvalue weighted by molar-refractivity contribution is -0.140. The van der Waals surface area contributed by atoms with E-state index in [9.17, 15) is 13.2 Å². The second kappa shape index (κ2) is 4.90. The first-order chi connectivity index (χ1) is 8.44. The maximum atomic E-state index is 12.4. The fourth-order valence-corrected chi connectivity index (χ4v) is 4.74. The van der Waals surface area contributed by atoms with Crippen LogP contribution in [0.15, 0.2) is 17.3 Å². The number of thioether (sulfide) groups is 1. The van der Waals surface area contributed by atoms with E-state index >= 15 is 0 Å². The lowest BCUT2D eigenvalue weighted by atomic mass is 10.3. The zero-order valence-electron chi connectivity index (χ0n) is 9.68. The highest BCUT2D eigenvalue weighted by Crippen LogP contribution is 2.24. The van der Waals surface area contributed by atoms with Crippen LogP contribution < -0.4 is 0 Å². The smallest absolute Gasteiger partial charge is 0.322 e. The molecule has 100 valence electrons. The molecule has 1 fully saturated rings. The molecule has 0 amide bonds. The standard InChI is InChI=1S/C9H13N3O4S2/c1-11-8(2-3-10-11)18(15,16)12-4-5-17-6-7(12)9(13)14/h2-3,7H,4-6H2,1H3,(H,13,14). The van der Waals surface area contributed by atoms with Crippen LogP contribution in [0.1, 0.15) is 0 Å². The Labute approximate surface area is 109 Å². The Morgan fingerprint density at radius 2 is 2.33 bits per heavy atom.